The fraction of sp³-hybridized carbons (Fsp3) is 0.556. The Balaban J connectivity index is 2.65. The van der Waals surface area contributed by atoms with E-state index in [1.54, 1.807) is 0 Å². The molecule has 0 amide bonds. The van der Waals surface area contributed by atoms with Gasteiger partial charge in [0.05, 0.1) is 19.0 Å². The summed E-state index contributed by atoms with van der Waals surface area (Å²) in [5.74, 6) is 0.394. The lowest BCUT2D eigenvalue weighted by molar-refractivity contribution is -0.141. The maximum atomic E-state index is 12.1. The van der Waals surface area contributed by atoms with Gasteiger partial charge in [-0.1, -0.05) is 13.8 Å². The molecule has 0 saturated carbocycles. The van der Waals surface area contributed by atoms with Crippen LogP contribution in [-0.2, 0) is 6.18 Å². The smallest absolute Gasteiger partial charge is 0.434 e. The summed E-state index contributed by atoms with van der Waals surface area (Å²) in [6.45, 7) is 4.26. The van der Waals surface area contributed by atoms with Gasteiger partial charge in [0.25, 0.3) is 0 Å². The fourth-order valence-electron chi connectivity index (χ4n) is 0.789. The minimum absolute atomic E-state index is 0.108. The summed E-state index contributed by atoms with van der Waals surface area (Å²) in [5.41, 5.74) is -1.01. The molecule has 0 N–H and O–H groups in total. The molecule has 1 aromatic heterocycles. The Morgan fingerprint density at radius 2 is 1.93 bits per heavy atom. The van der Waals surface area contributed by atoms with Crippen molar-refractivity contribution in [1.82, 2.24) is 9.97 Å². The van der Waals surface area contributed by atoms with E-state index in [0.717, 1.165) is 6.20 Å². The topological polar surface area (TPSA) is 35.0 Å². The van der Waals surface area contributed by atoms with Crippen molar-refractivity contribution in [3.63, 3.8) is 0 Å². The number of rotatable bonds is 3. The first-order valence-electron chi connectivity index (χ1n) is 4.41. The van der Waals surface area contributed by atoms with Crippen LogP contribution in [0, 0.1) is 5.92 Å². The third kappa shape index (κ3) is 3.73. The van der Waals surface area contributed by atoms with Crippen LogP contribution in [0.2, 0.25) is 0 Å². The van der Waals surface area contributed by atoms with E-state index in [1.165, 1.54) is 0 Å². The average Bonchev–Trinajstić information content (AvgIpc) is 2.14. The zero-order valence-corrected chi connectivity index (χ0v) is 8.38. The van der Waals surface area contributed by atoms with Crippen LogP contribution in [-0.4, -0.2) is 16.6 Å². The summed E-state index contributed by atoms with van der Waals surface area (Å²) in [7, 11) is 0. The summed E-state index contributed by atoms with van der Waals surface area (Å²) in [5, 5.41) is 0. The number of hydrogen-bond donors (Lipinski definition) is 0. The van der Waals surface area contributed by atoms with Crippen LogP contribution in [0.25, 0.3) is 0 Å². The maximum absolute atomic E-state index is 12.1. The van der Waals surface area contributed by atoms with Crippen LogP contribution < -0.4 is 4.74 Å². The molecule has 0 aromatic carbocycles. The second kappa shape index (κ2) is 4.46. The quantitative estimate of drug-likeness (QED) is 0.785. The van der Waals surface area contributed by atoms with E-state index >= 15 is 0 Å². The lowest BCUT2D eigenvalue weighted by Gasteiger charge is -2.08. The van der Waals surface area contributed by atoms with E-state index in [2.05, 4.69) is 9.97 Å². The van der Waals surface area contributed by atoms with Gasteiger partial charge in [-0.25, -0.2) is 9.97 Å². The lowest BCUT2D eigenvalue weighted by atomic mass is 10.2. The molecule has 0 bridgehead atoms. The van der Waals surface area contributed by atoms with Crippen molar-refractivity contribution in [3.05, 3.63) is 18.1 Å². The van der Waals surface area contributed by atoms with Gasteiger partial charge in [0.15, 0.2) is 5.69 Å². The summed E-state index contributed by atoms with van der Waals surface area (Å²) in [6.07, 6.45) is -2.82. The summed E-state index contributed by atoms with van der Waals surface area (Å²) < 4.78 is 41.4. The molecule has 15 heavy (non-hydrogen) atoms. The first-order valence-corrected chi connectivity index (χ1v) is 4.41. The molecule has 0 atom stereocenters. The number of halogens is 3. The van der Waals surface area contributed by atoms with Crippen molar-refractivity contribution < 1.29 is 17.9 Å². The van der Waals surface area contributed by atoms with Gasteiger partial charge in [-0.3, -0.25) is 0 Å². The van der Waals surface area contributed by atoms with E-state index in [1.807, 2.05) is 13.8 Å². The lowest BCUT2D eigenvalue weighted by Crippen LogP contribution is -2.10. The van der Waals surface area contributed by atoms with Gasteiger partial charge in [-0.05, 0) is 5.92 Å². The fourth-order valence-corrected chi connectivity index (χ4v) is 0.789. The third-order valence-electron chi connectivity index (χ3n) is 1.48. The van der Waals surface area contributed by atoms with Gasteiger partial charge in [-0.2, -0.15) is 13.2 Å². The van der Waals surface area contributed by atoms with E-state index < -0.39 is 11.9 Å². The van der Waals surface area contributed by atoms with E-state index in [9.17, 15) is 13.2 Å². The molecule has 6 heteroatoms. The number of nitrogens with zero attached hydrogens (tertiary/aromatic N) is 2. The van der Waals surface area contributed by atoms with Crippen LogP contribution in [0.4, 0.5) is 13.2 Å². The molecule has 0 radical (unpaired) electrons. The molecule has 0 aliphatic carbocycles. The van der Waals surface area contributed by atoms with Gasteiger partial charge in [-0.15, -0.1) is 0 Å². The van der Waals surface area contributed by atoms with Crippen molar-refractivity contribution >= 4 is 0 Å². The Morgan fingerprint density at radius 1 is 1.27 bits per heavy atom. The Morgan fingerprint density at radius 3 is 2.33 bits per heavy atom. The maximum Gasteiger partial charge on any atom is 0.434 e. The second-order valence-electron chi connectivity index (χ2n) is 3.44. The highest BCUT2D eigenvalue weighted by Crippen LogP contribution is 2.27. The Labute approximate surface area is 85.3 Å². The van der Waals surface area contributed by atoms with Gasteiger partial charge >= 0.3 is 6.18 Å². The van der Waals surface area contributed by atoms with E-state index in [4.69, 9.17) is 4.74 Å². The van der Waals surface area contributed by atoms with Crippen LogP contribution >= 0.6 is 0 Å². The standard InChI is InChI=1S/C9H11F3N2O/c1-6(2)5-15-8-4-13-7(3-14-8)9(10,11)12/h3-4,6H,5H2,1-2H3. The zero-order chi connectivity index (χ0) is 11.5. The number of ether oxygens (including phenoxy) is 1. The summed E-state index contributed by atoms with van der Waals surface area (Å²) in [4.78, 5) is 6.73. The van der Waals surface area contributed by atoms with Gasteiger partial charge in [0, 0.05) is 0 Å². The molecule has 1 rings (SSSR count). The molecule has 1 heterocycles. The predicted molar refractivity (Wildman–Crippen MR) is 47.4 cm³/mol. The van der Waals surface area contributed by atoms with Crippen molar-refractivity contribution in [2.45, 2.75) is 20.0 Å². The van der Waals surface area contributed by atoms with Crippen LogP contribution in [0.1, 0.15) is 19.5 Å². The minimum Gasteiger partial charge on any atom is -0.476 e. The highest BCUT2D eigenvalue weighted by Gasteiger charge is 2.32. The van der Waals surface area contributed by atoms with E-state index in [-0.39, 0.29) is 11.8 Å². The first-order chi connectivity index (χ1) is 6.89. The highest BCUT2D eigenvalue weighted by molar-refractivity contribution is 5.09. The largest absolute Gasteiger partial charge is 0.476 e. The second-order valence-corrected chi connectivity index (χ2v) is 3.44. The minimum atomic E-state index is -4.45. The van der Waals surface area contributed by atoms with Gasteiger partial charge < -0.3 is 4.74 Å². The number of alkyl halides is 3. The predicted octanol–water partition coefficient (Wildman–Crippen LogP) is 2.53. The average molecular weight is 220 g/mol. The van der Waals surface area contributed by atoms with Crippen LogP contribution in [0.15, 0.2) is 12.4 Å². The number of hydrogen-bond acceptors (Lipinski definition) is 3. The SMILES string of the molecule is CC(C)COc1cnc(C(F)(F)F)cn1. The first kappa shape index (κ1) is 11.7. The Kier molecular flexibility index (Phi) is 3.49. The van der Waals surface area contributed by atoms with Gasteiger partial charge in [0.1, 0.15) is 0 Å². The molecular weight excluding hydrogens is 209 g/mol. The van der Waals surface area contributed by atoms with Crippen molar-refractivity contribution in [1.29, 1.82) is 0 Å². The number of aromatic nitrogens is 2. The zero-order valence-electron chi connectivity index (χ0n) is 8.38. The van der Waals surface area contributed by atoms with Crippen LogP contribution in [0.3, 0.4) is 0 Å². The molecular formula is C9H11F3N2O. The summed E-state index contributed by atoms with van der Waals surface area (Å²) >= 11 is 0. The molecule has 0 unspecified atom stereocenters. The monoisotopic (exact) mass is 220 g/mol. The molecule has 0 aliphatic heterocycles. The van der Waals surface area contributed by atoms with Crippen molar-refractivity contribution in [2.24, 2.45) is 5.92 Å². The third-order valence-corrected chi connectivity index (χ3v) is 1.48. The van der Waals surface area contributed by atoms with Gasteiger partial charge in [0.2, 0.25) is 5.88 Å². The molecule has 84 valence electrons. The molecule has 3 nitrogen and oxygen atoms in total. The van der Waals surface area contributed by atoms with E-state index in [0.29, 0.717) is 12.8 Å². The van der Waals surface area contributed by atoms with Crippen molar-refractivity contribution in [3.8, 4) is 5.88 Å². The molecule has 0 saturated heterocycles. The Hall–Kier alpha value is -1.33. The normalized spacial score (nSPS) is 11.9. The molecule has 1 aromatic rings. The molecule has 0 spiro atoms. The van der Waals surface area contributed by atoms with Crippen molar-refractivity contribution in [2.75, 3.05) is 6.61 Å². The van der Waals surface area contributed by atoms with Crippen LogP contribution in [0.5, 0.6) is 5.88 Å². The molecule has 0 aliphatic rings. The highest BCUT2D eigenvalue weighted by atomic mass is 19.4. The molecule has 0 fully saturated rings. The summed E-state index contributed by atoms with van der Waals surface area (Å²) in [6, 6.07) is 0. The Bertz CT molecular complexity index is 308.